The van der Waals surface area contributed by atoms with Crippen LogP contribution in [0.4, 0.5) is 5.69 Å². The van der Waals surface area contributed by atoms with Crippen LogP contribution in [0.5, 0.6) is 5.75 Å². The molecule has 3 aliphatic rings. The standard InChI is InChI=1S/C33H39N3O6/c1-5-18-34(22-23-10-8-7-9-11-23)29(38)26-27-30(39)36(20-21-37)28(33(27)17-16-32(26,3)42-33)31(40)35(19-6-2)24-12-14-25(41-4)15-13-24/h5-15,26-28,37H,1-2,16-22H2,3-4H3/t26-,27-,28?,32+,33?/m0/s1. The summed E-state index contributed by atoms with van der Waals surface area (Å²) in [4.78, 5) is 47.7. The minimum atomic E-state index is -1.20. The molecule has 222 valence electrons. The third kappa shape index (κ3) is 4.80. The molecule has 3 heterocycles. The highest BCUT2D eigenvalue weighted by Gasteiger charge is 2.78. The number of hydrogen-bond acceptors (Lipinski definition) is 6. The van der Waals surface area contributed by atoms with E-state index in [9.17, 15) is 19.5 Å². The van der Waals surface area contributed by atoms with Crippen LogP contribution in [0, 0.1) is 11.8 Å². The molecule has 0 radical (unpaired) electrons. The van der Waals surface area contributed by atoms with E-state index in [2.05, 4.69) is 13.2 Å². The number of likely N-dealkylation sites (tertiary alicyclic amines) is 1. The third-order valence-corrected chi connectivity index (χ3v) is 8.96. The zero-order valence-corrected chi connectivity index (χ0v) is 24.3. The Hall–Kier alpha value is -3.95. The fraction of sp³-hybridized carbons (Fsp3) is 0.424. The lowest BCUT2D eigenvalue weighted by Crippen LogP contribution is -2.57. The van der Waals surface area contributed by atoms with Gasteiger partial charge in [0.05, 0.1) is 31.2 Å². The first-order chi connectivity index (χ1) is 20.2. The number of aliphatic hydroxyl groups excluding tert-OH is 1. The summed E-state index contributed by atoms with van der Waals surface area (Å²) in [5.74, 6) is -1.86. The van der Waals surface area contributed by atoms with Gasteiger partial charge in [0.1, 0.15) is 17.4 Å². The Bertz CT molecular complexity index is 1350. The maximum Gasteiger partial charge on any atom is 0.253 e. The molecule has 5 rings (SSSR count). The summed E-state index contributed by atoms with van der Waals surface area (Å²) < 4.78 is 12.0. The van der Waals surface area contributed by atoms with Crippen LogP contribution < -0.4 is 9.64 Å². The molecule has 9 nitrogen and oxygen atoms in total. The molecule has 1 spiro atoms. The fourth-order valence-corrected chi connectivity index (χ4v) is 7.18. The Balaban J connectivity index is 1.53. The molecule has 2 aromatic rings. The van der Waals surface area contributed by atoms with Crippen LogP contribution in [0.3, 0.4) is 0 Å². The number of nitrogens with zero attached hydrogens (tertiary/aromatic N) is 3. The topological polar surface area (TPSA) is 99.6 Å². The van der Waals surface area contributed by atoms with Crippen molar-refractivity contribution in [3.05, 3.63) is 85.5 Å². The summed E-state index contributed by atoms with van der Waals surface area (Å²) in [5, 5.41) is 9.96. The SMILES string of the molecule is C=CCN(Cc1ccccc1)C(=O)[C@@H]1[C@H]2C(=O)N(CCO)C(C(=O)N(CC=C)c3ccc(OC)cc3)C23CC[C@@]1(C)O3. The number of methoxy groups -OCH3 is 1. The van der Waals surface area contributed by atoms with E-state index in [1.807, 2.05) is 37.3 Å². The molecule has 1 N–H and O–H groups in total. The number of fused-ring (bicyclic) bond motifs is 1. The van der Waals surface area contributed by atoms with Gasteiger partial charge in [-0.05, 0) is 49.6 Å². The number of amides is 3. The van der Waals surface area contributed by atoms with Crippen molar-refractivity contribution >= 4 is 23.4 Å². The quantitative estimate of drug-likeness (QED) is 0.392. The number of aliphatic hydroxyl groups is 1. The van der Waals surface area contributed by atoms with Gasteiger partial charge in [0, 0.05) is 31.9 Å². The second-order valence-corrected chi connectivity index (χ2v) is 11.4. The number of carbonyl (C=O) groups is 3. The molecule has 42 heavy (non-hydrogen) atoms. The van der Waals surface area contributed by atoms with Crippen molar-refractivity contribution in [1.82, 2.24) is 9.80 Å². The van der Waals surface area contributed by atoms with Gasteiger partial charge in [0.2, 0.25) is 11.8 Å². The lowest BCUT2D eigenvalue weighted by Gasteiger charge is -2.36. The molecule has 2 aromatic carbocycles. The smallest absolute Gasteiger partial charge is 0.253 e. The van der Waals surface area contributed by atoms with Crippen molar-refractivity contribution in [1.29, 1.82) is 0 Å². The minimum Gasteiger partial charge on any atom is -0.497 e. The van der Waals surface area contributed by atoms with Crippen LogP contribution in [-0.4, -0.2) is 83.2 Å². The zero-order valence-electron chi connectivity index (χ0n) is 24.3. The van der Waals surface area contributed by atoms with E-state index >= 15 is 0 Å². The summed E-state index contributed by atoms with van der Waals surface area (Å²) in [6.07, 6.45) is 4.28. The Labute approximate surface area is 247 Å². The lowest BCUT2D eigenvalue weighted by atomic mass is 9.66. The molecule has 2 bridgehead atoms. The number of benzene rings is 2. The van der Waals surface area contributed by atoms with Gasteiger partial charge >= 0.3 is 0 Å². The van der Waals surface area contributed by atoms with Crippen LogP contribution >= 0.6 is 0 Å². The summed E-state index contributed by atoms with van der Waals surface area (Å²) in [6.45, 7) is 10.1. The third-order valence-electron chi connectivity index (χ3n) is 8.96. The maximum absolute atomic E-state index is 14.5. The second-order valence-electron chi connectivity index (χ2n) is 11.4. The lowest BCUT2D eigenvalue weighted by molar-refractivity contribution is -0.150. The van der Waals surface area contributed by atoms with E-state index < -0.39 is 29.1 Å². The summed E-state index contributed by atoms with van der Waals surface area (Å²) >= 11 is 0. The van der Waals surface area contributed by atoms with Crippen molar-refractivity contribution < 1.29 is 29.0 Å². The van der Waals surface area contributed by atoms with Gasteiger partial charge in [-0.1, -0.05) is 42.5 Å². The monoisotopic (exact) mass is 573 g/mol. The Morgan fingerprint density at radius 2 is 1.76 bits per heavy atom. The molecule has 3 saturated heterocycles. The number of ether oxygens (including phenoxy) is 2. The summed E-state index contributed by atoms with van der Waals surface area (Å²) in [5.41, 5.74) is -0.537. The van der Waals surface area contributed by atoms with Crippen LogP contribution in [0.15, 0.2) is 79.9 Å². The highest BCUT2D eigenvalue weighted by molar-refractivity contribution is 6.05. The van der Waals surface area contributed by atoms with E-state index in [0.29, 0.717) is 37.4 Å². The number of rotatable bonds is 12. The van der Waals surface area contributed by atoms with E-state index in [-0.39, 0.29) is 37.4 Å². The maximum atomic E-state index is 14.5. The Morgan fingerprint density at radius 3 is 2.38 bits per heavy atom. The van der Waals surface area contributed by atoms with Gasteiger partial charge in [0.25, 0.3) is 5.91 Å². The number of anilines is 1. The molecule has 9 heteroatoms. The van der Waals surface area contributed by atoms with Gasteiger partial charge in [-0.3, -0.25) is 14.4 Å². The molecule has 3 aliphatic heterocycles. The highest BCUT2D eigenvalue weighted by atomic mass is 16.5. The molecular weight excluding hydrogens is 534 g/mol. The molecule has 0 aromatic heterocycles. The summed E-state index contributed by atoms with van der Waals surface area (Å²) in [6, 6.07) is 15.7. The largest absolute Gasteiger partial charge is 0.497 e. The van der Waals surface area contributed by atoms with Crippen molar-refractivity contribution in [3.8, 4) is 5.75 Å². The van der Waals surface area contributed by atoms with E-state index in [4.69, 9.17) is 9.47 Å². The Kier molecular flexibility index (Phi) is 8.25. The van der Waals surface area contributed by atoms with Gasteiger partial charge < -0.3 is 29.3 Å². The fourth-order valence-electron chi connectivity index (χ4n) is 7.18. The van der Waals surface area contributed by atoms with E-state index in [0.717, 1.165) is 5.56 Å². The average molecular weight is 574 g/mol. The predicted octanol–water partition coefficient (Wildman–Crippen LogP) is 3.19. The van der Waals surface area contributed by atoms with Crippen molar-refractivity contribution in [2.45, 2.75) is 43.6 Å². The first-order valence-corrected chi connectivity index (χ1v) is 14.4. The number of hydrogen-bond donors (Lipinski definition) is 1. The first-order valence-electron chi connectivity index (χ1n) is 14.4. The van der Waals surface area contributed by atoms with E-state index in [1.54, 1.807) is 53.3 Å². The second kappa shape index (κ2) is 11.7. The molecule has 0 saturated carbocycles. The van der Waals surface area contributed by atoms with Crippen molar-refractivity contribution in [3.63, 3.8) is 0 Å². The van der Waals surface area contributed by atoms with Crippen LogP contribution in [0.25, 0.3) is 0 Å². The van der Waals surface area contributed by atoms with Crippen LogP contribution in [0.2, 0.25) is 0 Å². The predicted molar refractivity (Wildman–Crippen MR) is 159 cm³/mol. The normalized spacial score (nSPS) is 27.5. The minimum absolute atomic E-state index is 0.0423. The van der Waals surface area contributed by atoms with Crippen LogP contribution in [0.1, 0.15) is 25.3 Å². The molecule has 5 atom stereocenters. The van der Waals surface area contributed by atoms with Crippen LogP contribution in [-0.2, 0) is 25.7 Å². The zero-order chi connectivity index (χ0) is 30.1. The molecular formula is C33H39N3O6. The highest BCUT2D eigenvalue weighted by Crippen LogP contribution is 2.63. The average Bonchev–Trinajstić information content (AvgIpc) is 3.56. The Morgan fingerprint density at radius 1 is 1.07 bits per heavy atom. The first kappa shape index (κ1) is 29.5. The van der Waals surface area contributed by atoms with Crippen molar-refractivity contribution in [2.24, 2.45) is 11.8 Å². The van der Waals surface area contributed by atoms with Crippen molar-refractivity contribution in [2.75, 3.05) is 38.3 Å². The molecule has 2 unspecified atom stereocenters. The van der Waals surface area contributed by atoms with Gasteiger partial charge in [-0.2, -0.15) is 0 Å². The van der Waals surface area contributed by atoms with Gasteiger partial charge in [-0.15, -0.1) is 13.2 Å². The number of β-amino-alcohol motifs (C(OH)–C–C–N with tert-alkyl or cyclic N) is 1. The van der Waals surface area contributed by atoms with Gasteiger partial charge in [0.15, 0.2) is 0 Å². The summed E-state index contributed by atoms with van der Waals surface area (Å²) in [7, 11) is 1.57. The molecule has 3 fully saturated rings. The number of carbonyl (C=O) groups excluding carboxylic acids is 3. The van der Waals surface area contributed by atoms with Gasteiger partial charge in [-0.25, -0.2) is 0 Å². The molecule has 3 amide bonds. The molecule has 0 aliphatic carbocycles. The van der Waals surface area contributed by atoms with E-state index in [1.165, 1.54) is 4.90 Å².